The molecule has 0 aliphatic rings. The first-order chi connectivity index (χ1) is 11.1. The van der Waals surface area contributed by atoms with E-state index in [1.165, 1.54) is 18.3 Å². The van der Waals surface area contributed by atoms with Crippen molar-refractivity contribution in [3.8, 4) is 5.75 Å². The molecular weight excluding hydrogens is 298 g/mol. The number of halogens is 2. The third kappa shape index (κ3) is 5.36. The van der Waals surface area contributed by atoms with Gasteiger partial charge < -0.3 is 4.74 Å². The van der Waals surface area contributed by atoms with Crippen LogP contribution in [-0.2, 0) is 0 Å². The first-order valence-corrected chi connectivity index (χ1v) is 7.52. The molecule has 122 valence electrons. The maximum Gasteiger partial charge on any atom is 0.190 e. The van der Waals surface area contributed by atoms with Crippen LogP contribution in [0.5, 0.6) is 5.75 Å². The Hall–Kier alpha value is -2.43. The lowest BCUT2D eigenvalue weighted by atomic mass is 10.1. The number of ether oxygens (including phenoxy) is 1. The molecule has 2 aromatic carbocycles. The first-order valence-electron chi connectivity index (χ1n) is 7.52. The van der Waals surface area contributed by atoms with Crippen LogP contribution in [0.1, 0.15) is 25.8 Å². The van der Waals surface area contributed by atoms with E-state index in [0.29, 0.717) is 11.5 Å². The molecule has 0 radical (unpaired) electrons. The second kappa shape index (κ2) is 8.27. The smallest absolute Gasteiger partial charge is 0.190 e. The van der Waals surface area contributed by atoms with E-state index in [1.54, 1.807) is 0 Å². The molecule has 0 saturated heterocycles. The highest BCUT2D eigenvalue weighted by molar-refractivity contribution is 5.80. The van der Waals surface area contributed by atoms with Crippen LogP contribution in [0.4, 0.5) is 14.5 Å². The van der Waals surface area contributed by atoms with E-state index in [2.05, 4.69) is 10.5 Å². The Kier molecular flexibility index (Phi) is 6.09. The average molecular weight is 318 g/mol. The summed E-state index contributed by atoms with van der Waals surface area (Å²) in [6, 6.07) is 11.7. The van der Waals surface area contributed by atoms with Crippen molar-refractivity contribution in [1.29, 1.82) is 0 Å². The minimum Gasteiger partial charge on any atom is -0.488 e. The molecule has 0 aliphatic carbocycles. The fourth-order valence-electron chi connectivity index (χ4n) is 1.88. The van der Waals surface area contributed by atoms with Gasteiger partial charge in [-0.05, 0) is 36.6 Å². The summed E-state index contributed by atoms with van der Waals surface area (Å²) in [5, 5.41) is 3.96. The van der Waals surface area contributed by atoms with Gasteiger partial charge in [-0.25, -0.2) is 8.78 Å². The van der Waals surface area contributed by atoms with Gasteiger partial charge in [-0.1, -0.05) is 32.0 Å². The van der Waals surface area contributed by atoms with Gasteiger partial charge in [0.1, 0.15) is 0 Å². The Morgan fingerprint density at radius 1 is 1.13 bits per heavy atom. The molecule has 2 aromatic rings. The van der Waals surface area contributed by atoms with Crippen LogP contribution in [0.3, 0.4) is 0 Å². The predicted molar refractivity (Wildman–Crippen MR) is 89.0 cm³/mol. The van der Waals surface area contributed by atoms with Crippen LogP contribution in [0, 0.1) is 17.6 Å². The number of hydrogen-bond acceptors (Lipinski definition) is 3. The van der Waals surface area contributed by atoms with E-state index in [1.807, 2.05) is 44.2 Å². The van der Waals surface area contributed by atoms with E-state index < -0.39 is 11.6 Å². The molecule has 2 rings (SSSR count). The molecule has 1 N–H and O–H groups in total. The van der Waals surface area contributed by atoms with Gasteiger partial charge >= 0.3 is 0 Å². The molecule has 5 heteroatoms. The SMILES string of the molecule is CC(C)CCOc1c(F)cc(C=NNc2ccccc2)cc1F. The van der Waals surface area contributed by atoms with E-state index in [-0.39, 0.29) is 12.4 Å². The standard InChI is InChI=1S/C18H20F2N2O/c1-13(2)8-9-23-18-16(19)10-14(11-17(18)20)12-21-22-15-6-4-3-5-7-15/h3-7,10-13,22H,8-9H2,1-2H3. The third-order valence-corrected chi connectivity index (χ3v) is 3.14. The largest absolute Gasteiger partial charge is 0.488 e. The van der Waals surface area contributed by atoms with Crippen molar-refractivity contribution in [2.45, 2.75) is 20.3 Å². The summed E-state index contributed by atoms with van der Waals surface area (Å²) in [7, 11) is 0. The molecule has 0 atom stereocenters. The van der Waals surface area contributed by atoms with Crippen LogP contribution in [0.25, 0.3) is 0 Å². The van der Waals surface area contributed by atoms with Gasteiger partial charge in [0, 0.05) is 5.56 Å². The Bertz CT molecular complexity index is 634. The van der Waals surface area contributed by atoms with Gasteiger partial charge in [0.2, 0.25) is 0 Å². The number of nitrogens with one attached hydrogen (secondary N) is 1. The Labute approximate surface area is 135 Å². The second-order valence-corrected chi connectivity index (χ2v) is 5.58. The van der Waals surface area contributed by atoms with Crippen molar-refractivity contribution in [2.24, 2.45) is 11.0 Å². The van der Waals surface area contributed by atoms with Crippen molar-refractivity contribution in [3.05, 3.63) is 59.7 Å². The summed E-state index contributed by atoms with van der Waals surface area (Å²) in [6.07, 6.45) is 2.10. The number of hydrogen-bond donors (Lipinski definition) is 1. The Morgan fingerprint density at radius 2 is 1.78 bits per heavy atom. The van der Waals surface area contributed by atoms with E-state index in [0.717, 1.165) is 12.1 Å². The van der Waals surface area contributed by atoms with Crippen LogP contribution < -0.4 is 10.2 Å². The predicted octanol–water partition coefficient (Wildman–Crippen LogP) is 4.84. The van der Waals surface area contributed by atoms with E-state index in [4.69, 9.17) is 4.74 Å². The molecule has 3 nitrogen and oxygen atoms in total. The molecule has 0 amide bonds. The normalized spacial score (nSPS) is 11.2. The maximum atomic E-state index is 13.9. The monoisotopic (exact) mass is 318 g/mol. The minimum absolute atomic E-state index is 0.286. The summed E-state index contributed by atoms with van der Waals surface area (Å²) in [5.74, 6) is -1.37. The zero-order chi connectivity index (χ0) is 16.7. The van der Waals surface area contributed by atoms with Crippen LogP contribution in [0.15, 0.2) is 47.6 Å². The molecular formula is C18H20F2N2O. The molecule has 0 fully saturated rings. The zero-order valence-electron chi connectivity index (χ0n) is 13.2. The number of nitrogens with zero attached hydrogens (tertiary/aromatic N) is 1. The van der Waals surface area contributed by atoms with Crippen molar-refractivity contribution >= 4 is 11.9 Å². The van der Waals surface area contributed by atoms with Gasteiger partial charge in [-0.2, -0.15) is 5.10 Å². The summed E-state index contributed by atoms with van der Waals surface area (Å²) >= 11 is 0. The van der Waals surface area contributed by atoms with Crippen molar-refractivity contribution in [2.75, 3.05) is 12.0 Å². The number of benzene rings is 2. The van der Waals surface area contributed by atoms with E-state index in [9.17, 15) is 8.78 Å². The van der Waals surface area contributed by atoms with Crippen molar-refractivity contribution in [1.82, 2.24) is 0 Å². The average Bonchev–Trinajstić information content (AvgIpc) is 2.51. The Balaban J connectivity index is 2.01. The van der Waals surface area contributed by atoms with Crippen molar-refractivity contribution < 1.29 is 13.5 Å². The lowest BCUT2D eigenvalue weighted by Crippen LogP contribution is -2.05. The number of anilines is 1. The maximum absolute atomic E-state index is 13.9. The fourth-order valence-corrected chi connectivity index (χ4v) is 1.88. The number of hydrazone groups is 1. The minimum atomic E-state index is -0.727. The molecule has 0 aliphatic heterocycles. The summed E-state index contributed by atoms with van der Waals surface area (Å²) < 4.78 is 33.1. The summed E-state index contributed by atoms with van der Waals surface area (Å²) in [4.78, 5) is 0. The molecule has 0 heterocycles. The van der Waals surface area contributed by atoms with Crippen LogP contribution in [-0.4, -0.2) is 12.8 Å². The van der Waals surface area contributed by atoms with Crippen LogP contribution in [0.2, 0.25) is 0 Å². The summed E-state index contributed by atoms with van der Waals surface area (Å²) in [6.45, 7) is 4.33. The lowest BCUT2D eigenvalue weighted by Gasteiger charge is -2.10. The van der Waals surface area contributed by atoms with Crippen LogP contribution >= 0.6 is 0 Å². The van der Waals surface area contributed by atoms with E-state index >= 15 is 0 Å². The highest BCUT2D eigenvalue weighted by atomic mass is 19.1. The van der Waals surface area contributed by atoms with Gasteiger partial charge in [0.25, 0.3) is 0 Å². The highest BCUT2D eigenvalue weighted by Crippen LogP contribution is 2.23. The number of para-hydroxylation sites is 1. The van der Waals surface area contributed by atoms with Gasteiger partial charge in [0.15, 0.2) is 17.4 Å². The zero-order valence-corrected chi connectivity index (χ0v) is 13.2. The quantitative estimate of drug-likeness (QED) is 0.585. The number of rotatable bonds is 7. The van der Waals surface area contributed by atoms with Gasteiger partial charge in [-0.3, -0.25) is 5.43 Å². The van der Waals surface area contributed by atoms with Gasteiger partial charge in [0.05, 0.1) is 18.5 Å². The molecule has 0 aromatic heterocycles. The second-order valence-electron chi connectivity index (χ2n) is 5.58. The first kappa shape index (κ1) is 16.9. The molecule has 23 heavy (non-hydrogen) atoms. The fraction of sp³-hybridized carbons (Fsp3) is 0.278. The summed E-state index contributed by atoms with van der Waals surface area (Å²) in [5.41, 5.74) is 3.90. The topological polar surface area (TPSA) is 33.6 Å². The molecule has 0 unspecified atom stereocenters. The third-order valence-electron chi connectivity index (χ3n) is 3.14. The molecule has 0 saturated carbocycles. The molecule has 0 spiro atoms. The molecule has 0 bridgehead atoms. The Morgan fingerprint density at radius 3 is 2.39 bits per heavy atom. The highest BCUT2D eigenvalue weighted by Gasteiger charge is 2.12. The van der Waals surface area contributed by atoms with Crippen molar-refractivity contribution in [3.63, 3.8) is 0 Å². The lowest BCUT2D eigenvalue weighted by molar-refractivity contribution is 0.263. The van der Waals surface area contributed by atoms with Gasteiger partial charge in [-0.15, -0.1) is 0 Å².